The van der Waals surface area contributed by atoms with Crippen molar-refractivity contribution in [3.8, 4) is 28.0 Å². The summed E-state index contributed by atoms with van der Waals surface area (Å²) in [6.07, 6.45) is 2.19. The molecule has 0 saturated carbocycles. The van der Waals surface area contributed by atoms with Crippen LogP contribution >= 0.6 is 0 Å². The van der Waals surface area contributed by atoms with Gasteiger partial charge in [0.05, 0.1) is 13.2 Å². The molecule has 3 N–H and O–H groups in total. The fourth-order valence-corrected chi connectivity index (χ4v) is 6.61. The van der Waals surface area contributed by atoms with Gasteiger partial charge in [-0.3, -0.25) is 0 Å². The van der Waals surface area contributed by atoms with Gasteiger partial charge in [-0.1, -0.05) is 145 Å². The van der Waals surface area contributed by atoms with Gasteiger partial charge in [-0.25, -0.2) is 0 Å². The van der Waals surface area contributed by atoms with Crippen LogP contribution in [0.4, 0.5) is 0 Å². The van der Waals surface area contributed by atoms with E-state index in [1.54, 1.807) is 0 Å². The molecule has 7 rings (SSSR count). The fourth-order valence-electron chi connectivity index (χ4n) is 6.61. The zero-order chi connectivity index (χ0) is 40.3. The molecule has 0 atom stereocenters. The van der Waals surface area contributed by atoms with E-state index < -0.39 is 0 Å². The minimum atomic E-state index is -0.125. The average Bonchev–Trinajstić information content (AvgIpc) is 3.81. The van der Waals surface area contributed by atoms with E-state index in [0.717, 1.165) is 24.0 Å². The van der Waals surface area contributed by atoms with Gasteiger partial charge < -0.3 is 15.3 Å². The number of rotatable bonds is 5. The third-order valence-corrected chi connectivity index (χ3v) is 10.1. The van der Waals surface area contributed by atoms with Crippen molar-refractivity contribution in [3.63, 3.8) is 0 Å². The number of phenolic OH excluding ortho intramolecular Hbond substituents is 1. The molecule has 0 fully saturated rings. The third-order valence-electron chi connectivity index (χ3n) is 10.1. The molecule has 0 spiro atoms. The van der Waals surface area contributed by atoms with Crippen LogP contribution < -0.4 is 0 Å². The van der Waals surface area contributed by atoms with Crippen molar-refractivity contribution >= 4 is 21.5 Å². The monoisotopic (exact) mass is 824 g/mol. The maximum Gasteiger partial charge on any atom is 2.00 e. The Bertz CT molecular complexity index is 2080. The number of fused-ring (bicyclic) bond motifs is 2. The van der Waals surface area contributed by atoms with Crippen molar-refractivity contribution in [3.05, 3.63) is 161 Å². The zero-order valence-electron chi connectivity index (χ0n) is 35.3. The average molecular weight is 826 g/mol. The summed E-state index contributed by atoms with van der Waals surface area (Å²) in [4.78, 5) is 0. The van der Waals surface area contributed by atoms with E-state index in [2.05, 4.69) is 165 Å². The van der Waals surface area contributed by atoms with Crippen LogP contribution in [0.25, 0.3) is 43.8 Å². The summed E-state index contributed by atoms with van der Waals surface area (Å²) in [5, 5.41) is 29.9. The molecular formula is C52H62O3Zr. The van der Waals surface area contributed by atoms with Gasteiger partial charge in [0.25, 0.3) is 0 Å². The molecule has 0 saturated heterocycles. The first kappa shape index (κ1) is 46.3. The van der Waals surface area contributed by atoms with Gasteiger partial charge in [0, 0.05) is 0 Å². The van der Waals surface area contributed by atoms with E-state index in [9.17, 15) is 5.11 Å². The predicted octanol–water partition coefficient (Wildman–Crippen LogP) is 13.1. The molecule has 0 amide bonds. The molecule has 3 nitrogen and oxygen atoms in total. The van der Waals surface area contributed by atoms with Crippen LogP contribution in [-0.4, -0.2) is 28.5 Å². The van der Waals surface area contributed by atoms with E-state index in [1.807, 2.05) is 32.0 Å². The number of aromatic hydroxyl groups is 1. The largest absolute Gasteiger partial charge is 2.00 e. The number of phenols is 1. The van der Waals surface area contributed by atoms with Crippen LogP contribution in [0.5, 0.6) is 5.75 Å². The number of benzene rings is 5. The molecular weight excluding hydrogens is 764 g/mol. The number of hydrogen-bond donors (Lipinski definition) is 3. The summed E-state index contributed by atoms with van der Waals surface area (Å²) in [7, 11) is 0. The molecule has 7 aromatic rings. The molecule has 0 bridgehead atoms. The maximum atomic E-state index is 9.21. The minimum Gasteiger partial charge on any atom is -0.507 e. The SMILES string of the molecule is CCc1cc2c(-c3ccc(C(C)(C)C)cc3)cccc2[cH-]1.CCc1cc2c(-c3ccc(C(C)(C)C)cc3)cccc2[cH-]1.Cc1cccc(C)c1O.OCCO.[Zr+2]. The summed E-state index contributed by atoms with van der Waals surface area (Å²) in [5.74, 6) is 0.414. The number of aryl methyl sites for hydroxylation is 4. The van der Waals surface area contributed by atoms with Crippen molar-refractivity contribution in [2.45, 2.75) is 92.9 Å². The molecule has 56 heavy (non-hydrogen) atoms. The van der Waals surface area contributed by atoms with Gasteiger partial charge >= 0.3 is 26.2 Å². The first-order valence-electron chi connectivity index (χ1n) is 19.7. The number of aliphatic hydroxyl groups excluding tert-OH is 2. The summed E-state index contributed by atoms with van der Waals surface area (Å²) in [6, 6.07) is 46.3. The Labute approximate surface area is 355 Å². The van der Waals surface area contributed by atoms with Gasteiger partial charge in [0.1, 0.15) is 5.75 Å². The van der Waals surface area contributed by atoms with E-state index in [0.29, 0.717) is 5.75 Å². The second kappa shape index (κ2) is 20.9. The number of aliphatic hydroxyl groups is 2. The standard InChI is InChI=1S/2C21H23.C8H10O.C2H6O2.Zr/c2*1-5-15-13-17-7-6-8-19(20(17)14-15)16-9-11-18(12-10-16)21(2,3)4;1-6-4-3-5-7(2)8(6)9;3-1-2-4;/h2*6-14H,5H2,1-4H3;3-5,9H,1-2H3;3-4H,1-2H2;/q2*-1;;;+2. The van der Waals surface area contributed by atoms with E-state index in [1.165, 1.54) is 66.1 Å². The Balaban J connectivity index is 0.000000227. The molecule has 0 unspecified atom stereocenters. The van der Waals surface area contributed by atoms with Crippen LogP contribution in [0.15, 0.2) is 127 Å². The van der Waals surface area contributed by atoms with Gasteiger partial charge in [0.2, 0.25) is 0 Å². The Morgan fingerprint density at radius 3 is 1.12 bits per heavy atom. The van der Waals surface area contributed by atoms with Crippen LogP contribution in [-0.2, 0) is 49.9 Å². The van der Waals surface area contributed by atoms with Crippen molar-refractivity contribution < 1.29 is 41.5 Å². The molecule has 4 heteroatoms. The van der Waals surface area contributed by atoms with Crippen LogP contribution in [0.3, 0.4) is 0 Å². The van der Waals surface area contributed by atoms with Crippen molar-refractivity contribution in [2.24, 2.45) is 0 Å². The zero-order valence-corrected chi connectivity index (χ0v) is 37.8. The molecule has 7 aromatic carbocycles. The maximum absolute atomic E-state index is 9.21. The van der Waals surface area contributed by atoms with Gasteiger partial charge in [0.15, 0.2) is 0 Å². The summed E-state index contributed by atoms with van der Waals surface area (Å²) in [5.41, 5.74) is 13.2. The van der Waals surface area contributed by atoms with Crippen LogP contribution in [0.1, 0.15) is 88.8 Å². The molecule has 0 radical (unpaired) electrons. The number of para-hydroxylation sites is 1. The third kappa shape index (κ3) is 12.2. The van der Waals surface area contributed by atoms with Crippen LogP contribution in [0.2, 0.25) is 0 Å². The molecule has 0 heterocycles. The topological polar surface area (TPSA) is 60.7 Å². The number of hydrogen-bond acceptors (Lipinski definition) is 3. The summed E-state index contributed by atoms with van der Waals surface area (Å²) < 4.78 is 0. The van der Waals surface area contributed by atoms with Crippen molar-refractivity contribution in [2.75, 3.05) is 13.2 Å². The first-order chi connectivity index (χ1) is 26.1. The normalized spacial score (nSPS) is 11.1. The van der Waals surface area contributed by atoms with Crippen molar-refractivity contribution in [1.29, 1.82) is 0 Å². The van der Waals surface area contributed by atoms with E-state index in [-0.39, 0.29) is 50.2 Å². The Morgan fingerprint density at radius 1 is 0.500 bits per heavy atom. The van der Waals surface area contributed by atoms with Gasteiger partial charge in [-0.15, -0.1) is 69.1 Å². The Hall–Kier alpha value is -4.08. The van der Waals surface area contributed by atoms with E-state index in [4.69, 9.17) is 10.2 Å². The summed E-state index contributed by atoms with van der Waals surface area (Å²) in [6.45, 7) is 21.5. The van der Waals surface area contributed by atoms with Gasteiger partial charge in [-0.2, -0.15) is 12.1 Å². The van der Waals surface area contributed by atoms with Crippen LogP contribution in [0, 0.1) is 13.8 Å². The smallest absolute Gasteiger partial charge is 0.507 e. The second-order valence-electron chi connectivity index (χ2n) is 16.4. The fraction of sp³-hybridized carbons (Fsp3) is 0.308. The Morgan fingerprint density at radius 2 is 0.839 bits per heavy atom. The molecule has 0 aliphatic rings. The molecule has 0 aliphatic heterocycles. The summed E-state index contributed by atoms with van der Waals surface area (Å²) >= 11 is 0. The van der Waals surface area contributed by atoms with Crippen molar-refractivity contribution in [1.82, 2.24) is 0 Å². The van der Waals surface area contributed by atoms with E-state index >= 15 is 0 Å². The Kier molecular flexibility index (Phi) is 17.3. The minimum absolute atomic E-state index is 0. The molecule has 292 valence electrons. The second-order valence-corrected chi connectivity index (χ2v) is 16.4. The quantitative estimate of drug-likeness (QED) is 0.152. The predicted molar refractivity (Wildman–Crippen MR) is 238 cm³/mol. The molecule has 0 aliphatic carbocycles. The molecule has 0 aromatic heterocycles. The van der Waals surface area contributed by atoms with Gasteiger partial charge in [-0.05, 0) is 70.9 Å². The first-order valence-corrected chi connectivity index (χ1v) is 19.7.